The molecule has 1 N–H and O–H groups in total. The van der Waals surface area contributed by atoms with E-state index < -0.39 is 6.10 Å². The topological polar surface area (TPSA) is 53.4 Å². The molecule has 6 heteroatoms. The molecule has 18 heavy (non-hydrogen) atoms. The van der Waals surface area contributed by atoms with Gasteiger partial charge in [-0.1, -0.05) is 0 Å². The van der Waals surface area contributed by atoms with E-state index in [-0.39, 0.29) is 11.9 Å². The van der Waals surface area contributed by atoms with Crippen LogP contribution in [0.25, 0.3) is 0 Å². The largest absolute Gasteiger partial charge is 0.392 e. The Balaban J connectivity index is 2.37. The second kappa shape index (κ2) is 7.76. The van der Waals surface area contributed by atoms with Gasteiger partial charge in [-0.05, 0) is 20.8 Å². The van der Waals surface area contributed by atoms with Gasteiger partial charge in [-0.2, -0.15) is 0 Å². The van der Waals surface area contributed by atoms with Crippen LogP contribution < -0.4 is 0 Å². The molecule has 1 unspecified atom stereocenters. The Labute approximate surface area is 116 Å². The molecule has 1 rings (SSSR count). The molecule has 0 saturated carbocycles. The molecule has 1 heterocycles. The number of aliphatic hydroxyl groups excluding tert-OH is 1. The lowest BCUT2D eigenvalue weighted by Crippen LogP contribution is -2.42. The first-order chi connectivity index (χ1) is 8.50. The van der Waals surface area contributed by atoms with Crippen LogP contribution in [0.2, 0.25) is 0 Å². The van der Waals surface area contributed by atoms with Crippen LogP contribution in [0, 0.1) is 0 Å². The lowest BCUT2D eigenvalue weighted by atomic mass is 10.2. The normalized spacial score (nSPS) is 12.7. The zero-order valence-electron chi connectivity index (χ0n) is 11.0. The summed E-state index contributed by atoms with van der Waals surface area (Å²) in [4.78, 5) is 17.9. The highest BCUT2D eigenvalue weighted by Gasteiger charge is 2.18. The number of thiazole rings is 1. The van der Waals surface area contributed by atoms with Gasteiger partial charge < -0.3 is 10.0 Å². The van der Waals surface area contributed by atoms with Gasteiger partial charge in [0.15, 0.2) is 0 Å². The van der Waals surface area contributed by atoms with Crippen molar-refractivity contribution in [1.29, 1.82) is 0 Å². The van der Waals surface area contributed by atoms with Gasteiger partial charge >= 0.3 is 0 Å². The van der Waals surface area contributed by atoms with Gasteiger partial charge in [0.25, 0.3) is 0 Å². The molecule has 4 nitrogen and oxygen atoms in total. The quantitative estimate of drug-likeness (QED) is 0.834. The number of carbonyl (C=O) groups excluding carboxylic acids is 1. The fraction of sp³-hybridized carbons (Fsp3) is 0.667. The highest BCUT2D eigenvalue weighted by Crippen LogP contribution is 2.13. The van der Waals surface area contributed by atoms with E-state index in [0.717, 1.165) is 11.4 Å². The van der Waals surface area contributed by atoms with E-state index in [1.807, 2.05) is 19.2 Å². The molecular weight excluding hydrogens is 268 g/mol. The van der Waals surface area contributed by atoms with Gasteiger partial charge in [-0.25, -0.2) is 4.98 Å². The van der Waals surface area contributed by atoms with E-state index >= 15 is 0 Å². The van der Waals surface area contributed by atoms with Crippen LogP contribution in [-0.2, 0) is 10.5 Å². The van der Waals surface area contributed by atoms with E-state index in [1.165, 1.54) is 0 Å². The maximum absolute atomic E-state index is 12.0. The maximum Gasteiger partial charge on any atom is 0.232 e. The monoisotopic (exact) mass is 288 g/mol. The number of hydrogen-bond acceptors (Lipinski definition) is 5. The molecular formula is C12H20N2O2S2. The minimum absolute atomic E-state index is 0.0751. The summed E-state index contributed by atoms with van der Waals surface area (Å²) in [5, 5.41) is 11.4. The molecule has 0 aliphatic carbocycles. The summed E-state index contributed by atoms with van der Waals surface area (Å²) in [6.07, 6.45) is -0.486. The van der Waals surface area contributed by atoms with Crippen LogP contribution in [0.5, 0.6) is 0 Å². The molecule has 1 atom stereocenters. The average molecular weight is 288 g/mol. The second-order valence-electron chi connectivity index (χ2n) is 4.46. The van der Waals surface area contributed by atoms with Crippen molar-refractivity contribution in [2.45, 2.75) is 38.7 Å². The highest BCUT2D eigenvalue weighted by atomic mass is 32.2. The Morgan fingerprint density at radius 1 is 1.56 bits per heavy atom. The number of thioether (sulfide) groups is 1. The molecule has 0 aliphatic rings. The lowest BCUT2D eigenvalue weighted by Gasteiger charge is -2.27. The number of nitrogens with zero attached hydrogens (tertiary/aromatic N) is 2. The Kier molecular flexibility index (Phi) is 6.67. The summed E-state index contributed by atoms with van der Waals surface area (Å²) in [5.74, 6) is 1.27. The molecule has 0 saturated heterocycles. The first kappa shape index (κ1) is 15.5. The van der Waals surface area contributed by atoms with Gasteiger partial charge in [-0.15, -0.1) is 23.1 Å². The fourth-order valence-corrected chi connectivity index (χ4v) is 2.99. The number of rotatable bonds is 7. The van der Waals surface area contributed by atoms with Crippen molar-refractivity contribution in [2.24, 2.45) is 0 Å². The zero-order chi connectivity index (χ0) is 13.5. The standard InChI is InChI=1S/C12H20N2O2S2/c1-9(2)14(4-10(3)15)12(16)7-17-5-11-6-18-8-13-11/h6,8-10,15H,4-5,7H2,1-3H3. The van der Waals surface area contributed by atoms with Crippen molar-refractivity contribution < 1.29 is 9.90 Å². The molecule has 0 bridgehead atoms. The number of amides is 1. The number of hydrogen-bond donors (Lipinski definition) is 1. The third-order valence-electron chi connectivity index (χ3n) is 2.36. The number of carbonyl (C=O) groups is 1. The number of aromatic nitrogens is 1. The molecule has 0 spiro atoms. The lowest BCUT2D eigenvalue weighted by molar-refractivity contribution is -0.131. The van der Waals surface area contributed by atoms with Crippen molar-refractivity contribution in [3.05, 3.63) is 16.6 Å². The summed E-state index contributed by atoms with van der Waals surface area (Å²) < 4.78 is 0. The molecule has 0 radical (unpaired) electrons. The van der Waals surface area contributed by atoms with E-state index in [1.54, 1.807) is 40.4 Å². The van der Waals surface area contributed by atoms with Gasteiger partial charge in [0.1, 0.15) is 0 Å². The van der Waals surface area contributed by atoms with Gasteiger partial charge in [-0.3, -0.25) is 4.79 Å². The van der Waals surface area contributed by atoms with Gasteiger partial charge in [0.2, 0.25) is 5.91 Å². The van der Waals surface area contributed by atoms with Gasteiger partial charge in [0, 0.05) is 23.7 Å². The predicted octanol–water partition coefficient (Wildman–Crippen LogP) is 1.99. The Hall–Kier alpha value is -0.590. The van der Waals surface area contributed by atoms with E-state index in [4.69, 9.17) is 0 Å². The molecule has 1 aromatic heterocycles. The van der Waals surface area contributed by atoms with E-state index in [0.29, 0.717) is 12.3 Å². The minimum atomic E-state index is -0.486. The smallest absolute Gasteiger partial charge is 0.232 e. The molecule has 0 aliphatic heterocycles. The zero-order valence-corrected chi connectivity index (χ0v) is 12.6. The molecule has 1 amide bonds. The Morgan fingerprint density at radius 3 is 2.78 bits per heavy atom. The Bertz CT molecular complexity index is 353. The second-order valence-corrected chi connectivity index (χ2v) is 6.17. The molecule has 0 fully saturated rings. The Morgan fingerprint density at radius 2 is 2.28 bits per heavy atom. The summed E-state index contributed by atoms with van der Waals surface area (Å²) in [7, 11) is 0. The van der Waals surface area contributed by atoms with Crippen molar-refractivity contribution >= 4 is 29.0 Å². The molecule has 0 aromatic carbocycles. The first-order valence-corrected chi connectivity index (χ1v) is 8.02. The van der Waals surface area contributed by atoms with Crippen molar-refractivity contribution in [3.8, 4) is 0 Å². The van der Waals surface area contributed by atoms with Crippen molar-refractivity contribution in [2.75, 3.05) is 12.3 Å². The van der Waals surface area contributed by atoms with Crippen LogP contribution in [0.1, 0.15) is 26.5 Å². The number of aliphatic hydroxyl groups is 1. The average Bonchev–Trinajstić information content (AvgIpc) is 2.78. The summed E-state index contributed by atoms with van der Waals surface area (Å²) in [6.45, 7) is 6.02. The summed E-state index contributed by atoms with van der Waals surface area (Å²) in [6, 6.07) is 0.118. The van der Waals surface area contributed by atoms with Gasteiger partial charge in [0.05, 0.1) is 23.1 Å². The van der Waals surface area contributed by atoms with Crippen LogP contribution in [0.4, 0.5) is 0 Å². The van der Waals surface area contributed by atoms with E-state index in [2.05, 4.69) is 4.98 Å². The van der Waals surface area contributed by atoms with Crippen LogP contribution in [0.15, 0.2) is 10.9 Å². The first-order valence-electron chi connectivity index (χ1n) is 5.93. The highest BCUT2D eigenvalue weighted by molar-refractivity contribution is 7.99. The van der Waals surface area contributed by atoms with Crippen LogP contribution in [0.3, 0.4) is 0 Å². The van der Waals surface area contributed by atoms with E-state index in [9.17, 15) is 9.90 Å². The van der Waals surface area contributed by atoms with Crippen molar-refractivity contribution in [3.63, 3.8) is 0 Å². The minimum Gasteiger partial charge on any atom is -0.392 e. The third kappa shape index (κ3) is 5.37. The third-order valence-corrected chi connectivity index (χ3v) is 3.95. The predicted molar refractivity (Wildman–Crippen MR) is 76.8 cm³/mol. The van der Waals surface area contributed by atoms with Crippen LogP contribution >= 0.6 is 23.1 Å². The summed E-state index contributed by atoms with van der Waals surface area (Å²) in [5.41, 5.74) is 2.82. The summed E-state index contributed by atoms with van der Waals surface area (Å²) >= 11 is 3.13. The molecule has 1 aromatic rings. The fourth-order valence-electron chi connectivity index (χ4n) is 1.52. The maximum atomic E-state index is 12.0. The SMILES string of the molecule is CC(O)CN(C(=O)CSCc1cscn1)C(C)C. The molecule has 102 valence electrons. The van der Waals surface area contributed by atoms with Crippen LogP contribution in [-0.4, -0.2) is 45.3 Å². The van der Waals surface area contributed by atoms with Crippen molar-refractivity contribution in [1.82, 2.24) is 9.88 Å².